The first-order valence-corrected chi connectivity index (χ1v) is 5.87. The molecule has 0 amide bonds. The van der Waals surface area contributed by atoms with Gasteiger partial charge in [-0.3, -0.25) is 14.4 Å². The van der Waals surface area contributed by atoms with Crippen LogP contribution in [0.4, 0.5) is 0 Å². The number of carboxylic acid groups (broad SMARTS) is 1. The Morgan fingerprint density at radius 3 is 2.15 bits per heavy atom. The lowest BCUT2D eigenvalue weighted by Crippen LogP contribution is -2.13. The number of aliphatic carboxylic acids is 1. The van der Waals surface area contributed by atoms with Crippen molar-refractivity contribution in [2.24, 2.45) is 0 Å². The third kappa shape index (κ3) is 4.13. The molecule has 1 N–H and O–H groups in total. The molecule has 0 saturated heterocycles. The summed E-state index contributed by atoms with van der Waals surface area (Å²) >= 11 is 4.54. The number of carboxylic acids is 1. The molecule has 0 aromatic heterocycles. The summed E-state index contributed by atoms with van der Waals surface area (Å²) in [7, 11) is 0. The molecule has 0 aliphatic carbocycles. The molecule has 1 aromatic rings. The van der Waals surface area contributed by atoms with Gasteiger partial charge >= 0.3 is 17.9 Å². The Bertz CT molecular complexity index is 566. The van der Waals surface area contributed by atoms with Crippen molar-refractivity contribution < 1.29 is 29.0 Å². The lowest BCUT2D eigenvalue weighted by Gasteiger charge is -2.12. The molecule has 0 aliphatic rings. The second-order valence-corrected chi connectivity index (χ2v) is 4.02. The lowest BCUT2D eigenvalue weighted by atomic mass is 10.0. The van der Waals surface area contributed by atoms with Gasteiger partial charge in [-0.05, 0) is 17.7 Å². The maximum Gasteiger partial charge on any atom is 0.316 e. The van der Waals surface area contributed by atoms with Crippen LogP contribution in [0.3, 0.4) is 0 Å². The number of carbonyl (C=O) groups is 3. The van der Waals surface area contributed by atoms with Crippen molar-refractivity contribution in [3.05, 3.63) is 23.8 Å². The minimum absolute atomic E-state index is 0.0185. The molecule has 105 valence electrons. The van der Waals surface area contributed by atoms with Crippen LogP contribution in [-0.2, 0) is 14.4 Å². The minimum atomic E-state index is -1.19. The number of carbonyl (C=O) groups excluding carboxylic acids is 2. The molecule has 0 bridgehead atoms. The number of thiocarbonyl (C=S) groups is 1. The van der Waals surface area contributed by atoms with Gasteiger partial charge < -0.3 is 14.6 Å². The Morgan fingerprint density at radius 1 is 1.15 bits per heavy atom. The highest BCUT2D eigenvalue weighted by Gasteiger charge is 2.20. The van der Waals surface area contributed by atoms with E-state index in [9.17, 15) is 14.4 Å². The number of rotatable bonds is 5. The molecular formula is C13H11O6S. The van der Waals surface area contributed by atoms with Crippen LogP contribution in [0.15, 0.2) is 18.2 Å². The molecule has 20 heavy (non-hydrogen) atoms. The average Bonchev–Trinajstić information content (AvgIpc) is 2.31. The summed E-state index contributed by atoms with van der Waals surface area (Å²) in [5, 5.41) is 11.2. The first-order valence-electron chi connectivity index (χ1n) is 5.46. The van der Waals surface area contributed by atoms with Crippen molar-refractivity contribution in [3.8, 4) is 11.5 Å². The topological polar surface area (TPSA) is 89.9 Å². The van der Waals surface area contributed by atoms with Gasteiger partial charge in [-0.1, -0.05) is 18.3 Å². The Balaban J connectivity index is 3.25. The molecule has 0 spiro atoms. The van der Waals surface area contributed by atoms with E-state index in [2.05, 4.69) is 17.6 Å². The van der Waals surface area contributed by atoms with E-state index in [-0.39, 0.29) is 17.1 Å². The fraction of sp³-hybridized carbons (Fsp3) is 0.231. The Morgan fingerprint density at radius 2 is 1.70 bits per heavy atom. The summed E-state index contributed by atoms with van der Waals surface area (Å²) in [5.74, 6) is -3.59. The highest BCUT2D eigenvalue weighted by molar-refractivity contribution is 7.79. The van der Waals surface area contributed by atoms with Gasteiger partial charge in [-0.25, -0.2) is 0 Å². The number of ether oxygens (including phenoxy) is 2. The number of hydrogen-bond donors (Lipinski definition) is 1. The van der Waals surface area contributed by atoms with Crippen LogP contribution in [0, 0.1) is 0 Å². The maximum absolute atomic E-state index is 11.0. The van der Waals surface area contributed by atoms with Gasteiger partial charge in [0.1, 0.15) is 5.92 Å². The summed E-state index contributed by atoms with van der Waals surface area (Å²) < 4.78 is 9.76. The first kappa shape index (κ1) is 15.8. The molecule has 7 heteroatoms. The van der Waals surface area contributed by atoms with Crippen LogP contribution in [0.1, 0.15) is 25.3 Å². The van der Waals surface area contributed by atoms with Crippen molar-refractivity contribution in [1.82, 2.24) is 0 Å². The van der Waals surface area contributed by atoms with Crippen LogP contribution in [0.25, 0.3) is 0 Å². The number of hydrogen-bond acceptors (Lipinski definition) is 6. The van der Waals surface area contributed by atoms with E-state index in [0.29, 0.717) is 0 Å². The quantitative estimate of drug-likeness (QED) is 0.501. The van der Waals surface area contributed by atoms with Crippen LogP contribution in [0.2, 0.25) is 0 Å². The maximum atomic E-state index is 11.0. The lowest BCUT2D eigenvalue weighted by molar-refractivity contribution is -0.137. The largest absolute Gasteiger partial charge is 0.481 e. The highest BCUT2D eigenvalue weighted by Crippen LogP contribution is 2.31. The summed E-state index contributed by atoms with van der Waals surface area (Å²) in [5.41, 5.74) is 0.264. The molecule has 1 unspecified atom stereocenters. The van der Waals surface area contributed by atoms with Crippen LogP contribution in [0.5, 0.6) is 11.5 Å². The second-order valence-electron chi connectivity index (χ2n) is 3.78. The van der Waals surface area contributed by atoms with Crippen molar-refractivity contribution in [1.29, 1.82) is 0 Å². The van der Waals surface area contributed by atoms with Gasteiger partial charge in [0.05, 0.1) is 0 Å². The van der Waals surface area contributed by atoms with Crippen LogP contribution < -0.4 is 9.47 Å². The zero-order valence-electron chi connectivity index (χ0n) is 10.7. The Kier molecular flexibility index (Phi) is 5.33. The predicted octanol–water partition coefficient (Wildman–Crippen LogP) is 1.58. The second kappa shape index (κ2) is 6.76. The van der Waals surface area contributed by atoms with E-state index in [4.69, 9.17) is 14.6 Å². The molecule has 1 radical (unpaired) electrons. The van der Waals surface area contributed by atoms with E-state index in [1.165, 1.54) is 32.0 Å². The highest BCUT2D eigenvalue weighted by atomic mass is 32.1. The van der Waals surface area contributed by atoms with Crippen molar-refractivity contribution in [3.63, 3.8) is 0 Å². The molecule has 1 aromatic carbocycles. The zero-order chi connectivity index (χ0) is 15.3. The minimum Gasteiger partial charge on any atom is -0.481 e. The van der Waals surface area contributed by atoms with Gasteiger partial charge in [-0.2, -0.15) is 0 Å². The molecule has 1 atom stereocenters. The van der Waals surface area contributed by atoms with Crippen molar-refractivity contribution in [2.75, 3.05) is 0 Å². The Labute approximate surface area is 120 Å². The van der Waals surface area contributed by atoms with E-state index in [0.717, 1.165) is 0 Å². The summed E-state index contributed by atoms with van der Waals surface area (Å²) in [4.78, 5) is 33.0. The first-order chi connectivity index (χ1) is 9.35. The summed E-state index contributed by atoms with van der Waals surface area (Å²) in [6, 6.07) is 4.01. The fourth-order valence-electron chi connectivity index (χ4n) is 1.44. The SMILES string of the molecule is CC(=O)Oc1ccc(C([C]=S)C(=O)O)cc1OC(C)=O. The summed E-state index contributed by atoms with van der Waals surface area (Å²) in [6.45, 7) is 2.36. The third-order valence-electron chi connectivity index (χ3n) is 2.17. The molecule has 0 fully saturated rings. The van der Waals surface area contributed by atoms with E-state index in [1.807, 2.05) is 0 Å². The van der Waals surface area contributed by atoms with Gasteiger partial charge in [-0.15, -0.1) is 0 Å². The zero-order valence-corrected chi connectivity index (χ0v) is 11.5. The van der Waals surface area contributed by atoms with Gasteiger partial charge in [0.15, 0.2) is 11.5 Å². The molecule has 1 rings (SSSR count). The number of benzene rings is 1. The van der Waals surface area contributed by atoms with Crippen LogP contribution >= 0.6 is 12.2 Å². The van der Waals surface area contributed by atoms with Gasteiger partial charge in [0.2, 0.25) is 0 Å². The summed E-state index contributed by atoms with van der Waals surface area (Å²) in [6.07, 6.45) is 0. The average molecular weight is 295 g/mol. The molecule has 0 saturated carbocycles. The standard InChI is InChI=1S/C13H11O6S/c1-7(14)18-11-4-3-9(10(6-20)13(16)17)5-12(11)19-8(2)15/h3-5,10H,1-2H3,(H,16,17). The third-order valence-corrected chi connectivity index (χ3v) is 2.41. The smallest absolute Gasteiger partial charge is 0.316 e. The molecule has 6 nitrogen and oxygen atoms in total. The van der Waals surface area contributed by atoms with Gasteiger partial charge in [0, 0.05) is 19.2 Å². The fourth-order valence-corrected chi connectivity index (χ4v) is 1.68. The monoisotopic (exact) mass is 295 g/mol. The number of esters is 2. The molecular weight excluding hydrogens is 284 g/mol. The van der Waals surface area contributed by atoms with Crippen molar-refractivity contribution >= 4 is 35.5 Å². The van der Waals surface area contributed by atoms with E-state index < -0.39 is 23.8 Å². The molecule has 0 aliphatic heterocycles. The van der Waals surface area contributed by atoms with Crippen molar-refractivity contribution in [2.45, 2.75) is 19.8 Å². The van der Waals surface area contributed by atoms with Crippen LogP contribution in [-0.4, -0.2) is 28.4 Å². The predicted molar refractivity (Wildman–Crippen MR) is 72.0 cm³/mol. The van der Waals surface area contributed by atoms with E-state index in [1.54, 1.807) is 0 Å². The molecule has 0 heterocycles. The Hall–Kier alpha value is -2.28. The normalized spacial score (nSPS) is 11.3. The van der Waals surface area contributed by atoms with Gasteiger partial charge in [0.25, 0.3) is 0 Å². The van der Waals surface area contributed by atoms with E-state index >= 15 is 0 Å².